The van der Waals surface area contributed by atoms with Crippen molar-refractivity contribution in [3.8, 4) is 5.75 Å². The van der Waals surface area contributed by atoms with Crippen molar-refractivity contribution < 1.29 is 23.8 Å². The number of hydrogen-bond donors (Lipinski definition) is 0. The average Bonchev–Trinajstić information content (AvgIpc) is 3.14. The van der Waals surface area contributed by atoms with Crippen molar-refractivity contribution >= 4 is 12.1 Å². The molecule has 0 aliphatic carbocycles. The number of esters is 1. The number of carbonyl (C=O) groups excluding carboxylic acids is 2. The van der Waals surface area contributed by atoms with Crippen LogP contribution in [0.5, 0.6) is 5.75 Å². The SMILES string of the molecule is Cc1ccc(C)c(OCCCC(C)(C)C[C@H]2C(=O)O[C@H](C(C)(C)C)N2C(=O)OCc2ccccc2)c1. The van der Waals surface area contributed by atoms with Gasteiger partial charge in [-0.3, -0.25) is 4.90 Å². The second-order valence-corrected chi connectivity index (χ2v) is 11.7. The van der Waals surface area contributed by atoms with Crippen LogP contribution in [0.25, 0.3) is 0 Å². The van der Waals surface area contributed by atoms with E-state index in [0.29, 0.717) is 13.0 Å². The molecule has 0 unspecified atom stereocenters. The molecule has 6 nitrogen and oxygen atoms in total. The number of hydrogen-bond acceptors (Lipinski definition) is 5. The van der Waals surface area contributed by atoms with Crippen LogP contribution < -0.4 is 4.74 Å². The Balaban J connectivity index is 1.64. The second-order valence-electron chi connectivity index (χ2n) is 11.7. The molecule has 1 aliphatic heterocycles. The zero-order valence-corrected chi connectivity index (χ0v) is 22.8. The number of aryl methyl sites for hydroxylation is 2. The van der Waals surface area contributed by atoms with Gasteiger partial charge in [-0.2, -0.15) is 0 Å². The fourth-order valence-corrected chi connectivity index (χ4v) is 4.54. The van der Waals surface area contributed by atoms with Crippen LogP contribution in [0.15, 0.2) is 48.5 Å². The maximum Gasteiger partial charge on any atom is 0.413 e. The lowest BCUT2D eigenvalue weighted by Gasteiger charge is -2.35. The molecular formula is C30H41NO5. The molecule has 2 aromatic rings. The normalized spacial score (nSPS) is 18.2. The molecule has 36 heavy (non-hydrogen) atoms. The van der Waals surface area contributed by atoms with Gasteiger partial charge >= 0.3 is 12.1 Å². The number of carbonyl (C=O) groups is 2. The van der Waals surface area contributed by atoms with E-state index < -0.39 is 23.8 Å². The number of benzene rings is 2. The molecule has 1 saturated heterocycles. The number of amides is 1. The largest absolute Gasteiger partial charge is 0.493 e. The monoisotopic (exact) mass is 495 g/mol. The maximum atomic E-state index is 13.2. The summed E-state index contributed by atoms with van der Waals surface area (Å²) in [6.07, 6.45) is 0.964. The summed E-state index contributed by atoms with van der Waals surface area (Å²) in [5.41, 5.74) is 2.53. The van der Waals surface area contributed by atoms with Gasteiger partial charge in [0.2, 0.25) is 0 Å². The average molecular weight is 496 g/mol. The Morgan fingerprint density at radius 2 is 1.72 bits per heavy atom. The van der Waals surface area contributed by atoms with Crippen molar-refractivity contribution in [1.29, 1.82) is 0 Å². The van der Waals surface area contributed by atoms with E-state index >= 15 is 0 Å². The molecule has 1 aliphatic rings. The standard InChI is InChI=1S/C30H41NO5/c1-21-14-15-22(2)25(18-21)34-17-11-16-30(6,7)19-24-26(32)36-27(29(3,4)5)31(24)28(33)35-20-23-12-9-8-10-13-23/h8-10,12-15,18,24,27H,11,16-17,19-20H2,1-7H3/t24-,27+/m0/s1. The number of nitrogens with zero attached hydrogens (tertiary/aromatic N) is 1. The number of cyclic esters (lactones) is 1. The van der Waals surface area contributed by atoms with Gasteiger partial charge < -0.3 is 14.2 Å². The fraction of sp³-hybridized carbons (Fsp3) is 0.533. The Morgan fingerprint density at radius 1 is 1.03 bits per heavy atom. The molecule has 2 aromatic carbocycles. The molecule has 0 spiro atoms. The minimum absolute atomic E-state index is 0.146. The summed E-state index contributed by atoms with van der Waals surface area (Å²) in [6, 6.07) is 15.0. The molecule has 0 N–H and O–H groups in total. The van der Waals surface area contributed by atoms with Gasteiger partial charge in [0.15, 0.2) is 6.23 Å². The highest BCUT2D eigenvalue weighted by Gasteiger charge is 2.51. The molecular weight excluding hydrogens is 454 g/mol. The van der Waals surface area contributed by atoms with Gasteiger partial charge in [0.1, 0.15) is 18.4 Å². The Kier molecular flexibility index (Phi) is 8.70. The van der Waals surface area contributed by atoms with Gasteiger partial charge in [-0.15, -0.1) is 0 Å². The first-order valence-corrected chi connectivity index (χ1v) is 12.8. The van der Waals surface area contributed by atoms with Crippen molar-refractivity contribution in [2.75, 3.05) is 6.61 Å². The molecule has 1 heterocycles. The molecule has 6 heteroatoms. The zero-order valence-electron chi connectivity index (χ0n) is 22.8. The quantitative estimate of drug-likeness (QED) is 0.282. The molecule has 0 bridgehead atoms. The molecule has 0 saturated carbocycles. The van der Waals surface area contributed by atoms with Crippen molar-refractivity contribution in [1.82, 2.24) is 4.90 Å². The predicted octanol–water partition coefficient (Wildman–Crippen LogP) is 6.82. The number of rotatable bonds is 9. The van der Waals surface area contributed by atoms with Crippen molar-refractivity contribution in [3.63, 3.8) is 0 Å². The highest BCUT2D eigenvalue weighted by Crippen LogP contribution is 2.39. The second kappa shape index (κ2) is 11.4. The summed E-state index contributed by atoms with van der Waals surface area (Å²) in [5.74, 6) is 0.541. The molecule has 0 radical (unpaired) electrons. The van der Waals surface area contributed by atoms with Gasteiger partial charge in [-0.25, -0.2) is 9.59 Å². The maximum absolute atomic E-state index is 13.2. The summed E-state index contributed by atoms with van der Waals surface area (Å²) >= 11 is 0. The molecule has 1 amide bonds. The van der Waals surface area contributed by atoms with Gasteiger partial charge in [-0.1, -0.05) is 77.1 Å². The first kappa shape index (κ1) is 27.6. The Hall–Kier alpha value is -3.02. The zero-order chi connectivity index (χ0) is 26.5. The van der Waals surface area contributed by atoms with Crippen LogP contribution in [0.4, 0.5) is 4.79 Å². The van der Waals surface area contributed by atoms with E-state index in [2.05, 4.69) is 39.0 Å². The van der Waals surface area contributed by atoms with E-state index in [1.165, 1.54) is 10.5 Å². The van der Waals surface area contributed by atoms with Crippen LogP contribution in [0.2, 0.25) is 0 Å². The van der Waals surface area contributed by atoms with Gasteiger partial charge in [0.05, 0.1) is 6.61 Å². The van der Waals surface area contributed by atoms with Crippen LogP contribution in [0.3, 0.4) is 0 Å². The highest BCUT2D eigenvalue weighted by molar-refractivity contribution is 5.84. The van der Waals surface area contributed by atoms with E-state index in [4.69, 9.17) is 14.2 Å². The van der Waals surface area contributed by atoms with Crippen molar-refractivity contribution in [2.24, 2.45) is 10.8 Å². The third kappa shape index (κ3) is 7.25. The van der Waals surface area contributed by atoms with Crippen LogP contribution in [-0.4, -0.2) is 35.8 Å². The fourth-order valence-electron chi connectivity index (χ4n) is 4.54. The van der Waals surface area contributed by atoms with Crippen molar-refractivity contribution in [3.05, 3.63) is 65.2 Å². The smallest absolute Gasteiger partial charge is 0.413 e. The van der Waals surface area contributed by atoms with E-state index in [9.17, 15) is 9.59 Å². The summed E-state index contributed by atoms with van der Waals surface area (Å²) in [7, 11) is 0. The van der Waals surface area contributed by atoms with Crippen LogP contribution in [0.1, 0.15) is 70.6 Å². The van der Waals surface area contributed by atoms with Gasteiger partial charge in [0.25, 0.3) is 0 Å². The summed E-state index contributed by atoms with van der Waals surface area (Å²) in [6.45, 7) is 15.0. The minimum atomic E-state index is -0.688. The van der Waals surface area contributed by atoms with Gasteiger partial charge in [-0.05, 0) is 61.3 Å². The summed E-state index contributed by atoms with van der Waals surface area (Å²) in [4.78, 5) is 27.7. The first-order valence-electron chi connectivity index (χ1n) is 12.8. The molecule has 196 valence electrons. The lowest BCUT2D eigenvalue weighted by molar-refractivity contribution is -0.147. The van der Waals surface area contributed by atoms with E-state index in [-0.39, 0.29) is 18.0 Å². The highest BCUT2D eigenvalue weighted by atomic mass is 16.6. The van der Waals surface area contributed by atoms with Crippen LogP contribution in [-0.2, 0) is 20.9 Å². The Labute approximate surface area is 215 Å². The van der Waals surface area contributed by atoms with E-state index in [1.807, 2.05) is 58.0 Å². The van der Waals surface area contributed by atoms with Crippen LogP contribution in [0, 0.1) is 24.7 Å². The molecule has 0 aromatic heterocycles. The Morgan fingerprint density at radius 3 is 2.39 bits per heavy atom. The number of ether oxygens (including phenoxy) is 3. The first-order chi connectivity index (χ1) is 16.9. The Bertz CT molecular complexity index is 1040. The van der Waals surface area contributed by atoms with Crippen molar-refractivity contribution in [2.45, 2.75) is 86.6 Å². The predicted molar refractivity (Wildman–Crippen MR) is 141 cm³/mol. The lowest BCUT2D eigenvalue weighted by atomic mass is 9.81. The summed E-state index contributed by atoms with van der Waals surface area (Å²) < 4.78 is 17.4. The molecule has 2 atom stereocenters. The summed E-state index contributed by atoms with van der Waals surface area (Å²) in [5, 5.41) is 0. The van der Waals surface area contributed by atoms with Crippen LogP contribution >= 0.6 is 0 Å². The van der Waals surface area contributed by atoms with E-state index in [0.717, 1.165) is 29.7 Å². The van der Waals surface area contributed by atoms with Gasteiger partial charge in [0, 0.05) is 5.41 Å². The lowest BCUT2D eigenvalue weighted by Crippen LogP contribution is -2.49. The minimum Gasteiger partial charge on any atom is -0.493 e. The third-order valence-corrected chi connectivity index (χ3v) is 6.59. The molecule has 1 fully saturated rings. The molecule has 3 rings (SSSR count). The van der Waals surface area contributed by atoms with E-state index in [1.54, 1.807) is 0 Å². The third-order valence-electron chi connectivity index (χ3n) is 6.59. The topological polar surface area (TPSA) is 65.1 Å².